The van der Waals surface area contributed by atoms with E-state index in [2.05, 4.69) is 20.2 Å². The average molecular weight is 420 g/mol. The second kappa shape index (κ2) is 7.62. The number of benzene rings is 1. The topological polar surface area (TPSA) is 58.1 Å². The largest absolute Gasteiger partial charge is 0.416 e. The molecule has 1 N–H and O–H groups in total. The van der Waals surface area contributed by atoms with E-state index in [9.17, 15) is 18.0 Å². The van der Waals surface area contributed by atoms with Gasteiger partial charge in [-0.15, -0.1) is 11.3 Å². The number of amides is 1. The van der Waals surface area contributed by atoms with Gasteiger partial charge in [-0.3, -0.25) is 4.79 Å². The molecule has 152 valence electrons. The zero-order valence-electron chi connectivity index (χ0n) is 15.7. The Morgan fingerprint density at radius 3 is 2.69 bits per heavy atom. The van der Waals surface area contributed by atoms with E-state index in [1.165, 1.54) is 17.4 Å². The molecule has 1 aliphatic rings. The number of aromatic nitrogens is 2. The van der Waals surface area contributed by atoms with Crippen LogP contribution < -0.4 is 10.2 Å². The van der Waals surface area contributed by atoms with Gasteiger partial charge in [0.05, 0.1) is 26.4 Å². The number of nitrogens with one attached hydrogen (secondary N) is 1. The number of carbonyl (C=O) groups is 1. The summed E-state index contributed by atoms with van der Waals surface area (Å²) in [5, 5.41) is 3.50. The van der Waals surface area contributed by atoms with Crippen molar-refractivity contribution in [3.05, 3.63) is 52.7 Å². The van der Waals surface area contributed by atoms with E-state index in [0.717, 1.165) is 34.7 Å². The van der Waals surface area contributed by atoms with E-state index in [0.29, 0.717) is 30.0 Å². The van der Waals surface area contributed by atoms with Crippen molar-refractivity contribution in [3.63, 3.8) is 0 Å². The Hall–Kier alpha value is -2.68. The summed E-state index contributed by atoms with van der Waals surface area (Å²) in [5.41, 5.74) is 0.260. The van der Waals surface area contributed by atoms with Crippen LogP contribution in [0.25, 0.3) is 10.2 Å². The van der Waals surface area contributed by atoms with Gasteiger partial charge in [0.1, 0.15) is 5.82 Å². The molecule has 1 aliphatic heterocycles. The van der Waals surface area contributed by atoms with Crippen LogP contribution in [0.4, 0.5) is 19.0 Å². The van der Waals surface area contributed by atoms with Gasteiger partial charge in [0.25, 0.3) is 5.91 Å². The third-order valence-electron chi connectivity index (χ3n) is 5.13. The summed E-state index contributed by atoms with van der Waals surface area (Å²) in [6, 6.07) is 7.20. The molecule has 5 nitrogen and oxygen atoms in total. The Morgan fingerprint density at radius 2 is 2.00 bits per heavy atom. The first-order valence-electron chi connectivity index (χ1n) is 9.26. The van der Waals surface area contributed by atoms with E-state index in [-0.39, 0.29) is 11.8 Å². The first-order valence-corrected chi connectivity index (χ1v) is 10.1. The van der Waals surface area contributed by atoms with Gasteiger partial charge < -0.3 is 10.2 Å². The van der Waals surface area contributed by atoms with Crippen molar-refractivity contribution >= 4 is 33.3 Å². The van der Waals surface area contributed by atoms with Crippen LogP contribution in [0, 0.1) is 0 Å². The molecule has 0 unspecified atom stereocenters. The summed E-state index contributed by atoms with van der Waals surface area (Å²) in [6.45, 7) is 1.41. The van der Waals surface area contributed by atoms with Gasteiger partial charge in [0.2, 0.25) is 0 Å². The minimum Gasteiger partial charge on any atom is -0.356 e. The lowest BCUT2D eigenvalue weighted by molar-refractivity contribution is -0.137. The van der Waals surface area contributed by atoms with E-state index in [1.807, 2.05) is 0 Å². The molecule has 0 radical (unpaired) electrons. The standard InChI is InChI=1S/C20H19F3N4OS/c1-24-18(28)14-3-2-8-25-17(14)27-9-6-12(7-10-27)19-26-15-11-13(20(21,22)23)4-5-16(15)29-19/h2-5,8,11-12H,6-7,9-10H2,1H3,(H,24,28). The number of piperidine rings is 1. The highest BCUT2D eigenvalue weighted by atomic mass is 32.1. The number of alkyl halides is 3. The average Bonchev–Trinajstić information content (AvgIpc) is 3.16. The summed E-state index contributed by atoms with van der Waals surface area (Å²) >= 11 is 1.46. The predicted octanol–water partition coefficient (Wildman–Crippen LogP) is 4.45. The number of hydrogen-bond acceptors (Lipinski definition) is 5. The SMILES string of the molecule is CNC(=O)c1cccnc1N1CCC(c2nc3cc(C(F)(F)F)ccc3s2)CC1. The Balaban J connectivity index is 1.51. The number of hydrogen-bond donors (Lipinski definition) is 1. The molecule has 1 saturated heterocycles. The zero-order chi connectivity index (χ0) is 20.6. The first kappa shape index (κ1) is 19.6. The molecule has 1 aromatic carbocycles. The van der Waals surface area contributed by atoms with Gasteiger partial charge in [-0.1, -0.05) is 0 Å². The fourth-order valence-corrected chi connectivity index (χ4v) is 4.71. The Kier molecular flexibility index (Phi) is 5.16. The monoisotopic (exact) mass is 420 g/mol. The van der Waals surface area contributed by atoms with Crippen LogP contribution >= 0.6 is 11.3 Å². The van der Waals surface area contributed by atoms with Crippen molar-refractivity contribution in [2.75, 3.05) is 25.0 Å². The number of pyridine rings is 1. The normalized spacial score (nSPS) is 15.7. The van der Waals surface area contributed by atoms with Crippen LogP contribution in [-0.4, -0.2) is 36.0 Å². The highest BCUT2D eigenvalue weighted by molar-refractivity contribution is 7.18. The molecule has 1 amide bonds. The lowest BCUT2D eigenvalue weighted by Gasteiger charge is -2.32. The van der Waals surface area contributed by atoms with Gasteiger partial charge in [-0.2, -0.15) is 13.2 Å². The minimum absolute atomic E-state index is 0.179. The number of nitrogens with zero attached hydrogens (tertiary/aromatic N) is 3. The van der Waals surface area contributed by atoms with Gasteiger partial charge in [0, 0.05) is 32.3 Å². The van der Waals surface area contributed by atoms with Crippen molar-refractivity contribution in [2.24, 2.45) is 0 Å². The van der Waals surface area contributed by atoms with E-state index in [1.54, 1.807) is 25.4 Å². The molecule has 3 aromatic rings. The van der Waals surface area contributed by atoms with Gasteiger partial charge in [-0.25, -0.2) is 9.97 Å². The number of rotatable bonds is 3. The number of thiazole rings is 1. The second-order valence-electron chi connectivity index (χ2n) is 6.95. The maximum atomic E-state index is 12.9. The Morgan fingerprint density at radius 1 is 1.24 bits per heavy atom. The molecule has 2 aromatic heterocycles. The van der Waals surface area contributed by atoms with Crippen LogP contribution in [0.5, 0.6) is 0 Å². The molecule has 3 heterocycles. The number of fused-ring (bicyclic) bond motifs is 1. The lowest BCUT2D eigenvalue weighted by atomic mass is 9.97. The van der Waals surface area contributed by atoms with Crippen molar-refractivity contribution in [1.29, 1.82) is 0 Å². The van der Waals surface area contributed by atoms with Crippen LogP contribution in [0.2, 0.25) is 0 Å². The molecule has 0 spiro atoms. The molecule has 4 rings (SSSR count). The molecule has 0 saturated carbocycles. The minimum atomic E-state index is -4.37. The Bertz CT molecular complexity index is 1040. The summed E-state index contributed by atoms with van der Waals surface area (Å²) in [6.07, 6.45) is -1.10. The lowest BCUT2D eigenvalue weighted by Crippen LogP contribution is -2.35. The number of carbonyl (C=O) groups excluding carboxylic acids is 1. The maximum Gasteiger partial charge on any atom is 0.416 e. The number of halogens is 3. The van der Waals surface area contributed by atoms with Crippen LogP contribution in [0.15, 0.2) is 36.5 Å². The van der Waals surface area contributed by atoms with Gasteiger partial charge >= 0.3 is 6.18 Å². The van der Waals surface area contributed by atoms with Crippen molar-refractivity contribution in [1.82, 2.24) is 15.3 Å². The maximum absolute atomic E-state index is 12.9. The first-order chi connectivity index (χ1) is 13.9. The van der Waals surface area contributed by atoms with Crippen molar-refractivity contribution in [2.45, 2.75) is 24.9 Å². The fraction of sp³-hybridized carbons (Fsp3) is 0.350. The van der Waals surface area contributed by atoms with Gasteiger partial charge in [-0.05, 0) is 43.2 Å². The van der Waals surface area contributed by atoms with Crippen molar-refractivity contribution in [3.8, 4) is 0 Å². The summed E-state index contributed by atoms with van der Waals surface area (Å²) in [7, 11) is 1.59. The van der Waals surface area contributed by atoms with E-state index < -0.39 is 11.7 Å². The highest BCUT2D eigenvalue weighted by Gasteiger charge is 2.31. The molecule has 9 heteroatoms. The summed E-state index contributed by atoms with van der Waals surface area (Å²) < 4.78 is 39.6. The molecule has 0 atom stereocenters. The molecule has 29 heavy (non-hydrogen) atoms. The summed E-state index contributed by atoms with van der Waals surface area (Å²) in [5.74, 6) is 0.663. The zero-order valence-corrected chi connectivity index (χ0v) is 16.5. The molecule has 1 fully saturated rings. The van der Waals surface area contributed by atoms with Crippen molar-refractivity contribution < 1.29 is 18.0 Å². The van der Waals surface area contributed by atoms with E-state index >= 15 is 0 Å². The number of anilines is 1. The highest BCUT2D eigenvalue weighted by Crippen LogP contribution is 2.37. The summed E-state index contributed by atoms with van der Waals surface area (Å²) in [4.78, 5) is 23.0. The molecule has 0 bridgehead atoms. The second-order valence-corrected chi connectivity index (χ2v) is 8.01. The van der Waals surface area contributed by atoms with Crippen LogP contribution in [-0.2, 0) is 6.18 Å². The predicted molar refractivity (Wildman–Crippen MR) is 106 cm³/mol. The molecular weight excluding hydrogens is 401 g/mol. The van der Waals surface area contributed by atoms with Crippen LogP contribution in [0.3, 0.4) is 0 Å². The molecular formula is C20H19F3N4OS. The molecule has 0 aliphatic carbocycles. The third-order valence-corrected chi connectivity index (χ3v) is 6.33. The quantitative estimate of drug-likeness (QED) is 0.680. The third kappa shape index (κ3) is 3.91. The van der Waals surface area contributed by atoms with Gasteiger partial charge in [0.15, 0.2) is 0 Å². The van der Waals surface area contributed by atoms with E-state index in [4.69, 9.17) is 0 Å². The smallest absolute Gasteiger partial charge is 0.356 e. The fourth-order valence-electron chi connectivity index (χ4n) is 3.60. The Labute approximate surface area is 169 Å². The van der Waals surface area contributed by atoms with Crippen LogP contribution in [0.1, 0.15) is 39.7 Å².